The fourth-order valence-corrected chi connectivity index (χ4v) is 5.49. The van der Waals surface area contributed by atoms with Gasteiger partial charge in [-0.25, -0.2) is 9.97 Å². The maximum atomic E-state index is 12.3. The number of hydrogen-bond acceptors (Lipinski definition) is 6. The molecule has 0 saturated carbocycles. The number of thioether (sulfide) groups is 1. The van der Waals surface area contributed by atoms with Crippen LogP contribution in [0.25, 0.3) is 10.2 Å². The Balaban J connectivity index is 1.65. The third-order valence-electron chi connectivity index (χ3n) is 4.72. The van der Waals surface area contributed by atoms with Gasteiger partial charge in [-0.15, -0.1) is 11.3 Å². The summed E-state index contributed by atoms with van der Waals surface area (Å²) in [5.74, 6) is 0.628. The van der Waals surface area contributed by atoms with Gasteiger partial charge in [0.15, 0.2) is 0 Å². The molecule has 1 aliphatic carbocycles. The minimum absolute atomic E-state index is 0.152. The molecule has 6 nitrogen and oxygen atoms in total. The Hall–Kier alpha value is -1.67. The summed E-state index contributed by atoms with van der Waals surface area (Å²) in [7, 11) is 0. The van der Waals surface area contributed by atoms with Gasteiger partial charge < -0.3 is 10.6 Å². The van der Waals surface area contributed by atoms with E-state index in [9.17, 15) is 9.59 Å². The van der Waals surface area contributed by atoms with Crippen molar-refractivity contribution in [1.29, 1.82) is 0 Å². The van der Waals surface area contributed by atoms with Gasteiger partial charge >= 0.3 is 0 Å². The first kappa shape index (κ1) is 20.1. The lowest BCUT2D eigenvalue weighted by molar-refractivity contribution is -0.127. The highest BCUT2D eigenvalue weighted by Gasteiger charge is 2.23. The van der Waals surface area contributed by atoms with Crippen LogP contribution in [0.15, 0.2) is 11.4 Å². The number of thiophene rings is 1. The highest BCUT2D eigenvalue weighted by Crippen LogP contribution is 2.40. The summed E-state index contributed by atoms with van der Waals surface area (Å²) in [6, 6.07) is -0.537. The summed E-state index contributed by atoms with van der Waals surface area (Å²) in [5.41, 5.74) is 1.36. The van der Waals surface area contributed by atoms with Gasteiger partial charge in [0, 0.05) is 16.8 Å². The van der Waals surface area contributed by atoms with E-state index in [1.165, 1.54) is 28.6 Å². The minimum atomic E-state index is -0.537. The van der Waals surface area contributed by atoms with Crippen LogP contribution in [0, 0.1) is 5.92 Å². The van der Waals surface area contributed by atoms with Crippen molar-refractivity contribution >= 4 is 45.1 Å². The van der Waals surface area contributed by atoms with E-state index >= 15 is 0 Å². The Morgan fingerprint density at radius 3 is 3.00 bits per heavy atom. The predicted molar refractivity (Wildman–Crippen MR) is 110 cm³/mol. The first-order valence-corrected chi connectivity index (χ1v) is 11.2. The Morgan fingerprint density at radius 1 is 1.41 bits per heavy atom. The molecule has 1 aliphatic rings. The lowest BCUT2D eigenvalue weighted by Crippen LogP contribution is -2.45. The summed E-state index contributed by atoms with van der Waals surface area (Å²) in [6.45, 7) is 6.60. The fourth-order valence-electron chi connectivity index (χ4n) is 3.24. The van der Waals surface area contributed by atoms with Crippen molar-refractivity contribution < 1.29 is 9.59 Å². The second kappa shape index (κ2) is 9.01. The molecule has 0 radical (unpaired) electrons. The van der Waals surface area contributed by atoms with Crippen LogP contribution in [0.4, 0.5) is 0 Å². The maximum absolute atomic E-state index is 12.3. The first-order valence-electron chi connectivity index (χ1n) is 9.44. The highest BCUT2D eigenvalue weighted by molar-refractivity contribution is 8.00. The summed E-state index contributed by atoms with van der Waals surface area (Å²) >= 11 is 3.18. The van der Waals surface area contributed by atoms with Gasteiger partial charge in [-0.3, -0.25) is 9.59 Å². The van der Waals surface area contributed by atoms with Crippen LogP contribution in [0.3, 0.4) is 0 Å². The number of amides is 2. The standard InChI is InChI=1S/C19H26N4O2S2/c1-4-7-20-17(25)12(3)23-15(24)9-26-18-16-13-6-5-11(2)8-14(13)27-19(16)22-10-21-18/h10-12H,4-9H2,1-3H3,(H,20,25)(H,23,24)/t11-,12+/m1/s1. The van der Waals surface area contributed by atoms with Crippen LogP contribution in [0.2, 0.25) is 0 Å². The molecule has 2 aromatic rings. The second-order valence-corrected chi connectivity index (χ2v) is 9.13. The van der Waals surface area contributed by atoms with Crippen molar-refractivity contribution in [3.05, 3.63) is 16.8 Å². The Morgan fingerprint density at radius 2 is 2.22 bits per heavy atom. The number of nitrogens with zero attached hydrogens (tertiary/aromatic N) is 2. The van der Waals surface area contributed by atoms with E-state index in [-0.39, 0.29) is 17.6 Å². The van der Waals surface area contributed by atoms with Crippen molar-refractivity contribution in [2.45, 2.75) is 57.5 Å². The number of nitrogens with one attached hydrogen (secondary N) is 2. The number of carbonyl (C=O) groups excluding carboxylic acids is 2. The number of aromatic nitrogens is 2. The summed E-state index contributed by atoms with van der Waals surface area (Å²) in [6.07, 6.45) is 5.79. The number of carbonyl (C=O) groups is 2. The number of aryl methyl sites for hydroxylation is 1. The first-order chi connectivity index (χ1) is 13.0. The van der Waals surface area contributed by atoms with Gasteiger partial charge in [-0.2, -0.15) is 0 Å². The van der Waals surface area contributed by atoms with E-state index in [4.69, 9.17) is 0 Å². The molecule has 2 amide bonds. The normalized spacial score (nSPS) is 17.4. The average Bonchev–Trinajstić information content (AvgIpc) is 3.02. The van der Waals surface area contributed by atoms with Crippen LogP contribution >= 0.6 is 23.1 Å². The molecule has 27 heavy (non-hydrogen) atoms. The van der Waals surface area contributed by atoms with E-state index in [0.717, 1.165) is 34.5 Å². The average molecular weight is 407 g/mol. The third-order valence-corrected chi connectivity index (χ3v) is 6.87. The Kier molecular flexibility index (Phi) is 6.70. The smallest absolute Gasteiger partial charge is 0.242 e. The molecule has 2 N–H and O–H groups in total. The third kappa shape index (κ3) is 4.79. The molecule has 0 saturated heterocycles. The topological polar surface area (TPSA) is 84.0 Å². The summed E-state index contributed by atoms with van der Waals surface area (Å²) < 4.78 is 0. The van der Waals surface area contributed by atoms with Crippen LogP contribution in [-0.4, -0.2) is 40.1 Å². The van der Waals surface area contributed by atoms with Gasteiger partial charge in [-0.1, -0.05) is 25.6 Å². The van der Waals surface area contributed by atoms with Gasteiger partial charge in [0.2, 0.25) is 11.8 Å². The van der Waals surface area contributed by atoms with Crippen LogP contribution in [0.5, 0.6) is 0 Å². The fraction of sp³-hybridized carbons (Fsp3) is 0.579. The van der Waals surface area contributed by atoms with Gasteiger partial charge in [0.25, 0.3) is 0 Å². The molecule has 8 heteroatoms. The molecule has 2 heterocycles. The quantitative estimate of drug-likeness (QED) is 0.546. The van der Waals surface area contributed by atoms with E-state index in [2.05, 4.69) is 27.5 Å². The largest absolute Gasteiger partial charge is 0.354 e. The van der Waals surface area contributed by atoms with Crippen molar-refractivity contribution in [1.82, 2.24) is 20.6 Å². The molecule has 0 aromatic carbocycles. The molecule has 0 fully saturated rings. The Bertz CT molecular complexity index is 836. The molecular weight excluding hydrogens is 380 g/mol. The maximum Gasteiger partial charge on any atom is 0.242 e. The van der Waals surface area contributed by atoms with E-state index in [1.807, 2.05) is 6.92 Å². The molecule has 2 atom stereocenters. The zero-order valence-electron chi connectivity index (χ0n) is 16.0. The van der Waals surface area contributed by atoms with E-state index in [0.29, 0.717) is 12.5 Å². The van der Waals surface area contributed by atoms with E-state index < -0.39 is 6.04 Å². The zero-order valence-corrected chi connectivity index (χ0v) is 17.6. The predicted octanol–water partition coefficient (Wildman–Crippen LogP) is 2.94. The second-order valence-electron chi connectivity index (χ2n) is 7.08. The molecule has 0 bridgehead atoms. The molecule has 0 spiro atoms. The van der Waals surface area contributed by atoms with Crippen molar-refractivity contribution in [3.8, 4) is 0 Å². The zero-order chi connectivity index (χ0) is 19.4. The number of hydrogen-bond donors (Lipinski definition) is 2. The van der Waals surface area contributed by atoms with Gasteiger partial charge in [0.05, 0.1) is 5.75 Å². The number of fused-ring (bicyclic) bond motifs is 3. The number of rotatable bonds is 7. The highest BCUT2D eigenvalue weighted by atomic mass is 32.2. The van der Waals surface area contributed by atoms with Crippen LogP contribution < -0.4 is 10.6 Å². The molecule has 0 unspecified atom stereocenters. The van der Waals surface area contributed by atoms with Crippen molar-refractivity contribution in [2.24, 2.45) is 5.92 Å². The Labute approximate surface area is 167 Å². The molecule has 0 aliphatic heterocycles. The lowest BCUT2D eigenvalue weighted by Gasteiger charge is -2.18. The molecule has 146 valence electrons. The van der Waals surface area contributed by atoms with Crippen LogP contribution in [0.1, 0.15) is 44.1 Å². The molecule has 2 aromatic heterocycles. The van der Waals surface area contributed by atoms with Gasteiger partial charge in [0.1, 0.15) is 22.2 Å². The lowest BCUT2D eigenvalue weighted by atomic mass is 9.89. The SMILES string of the molecule is CCCNC(=O)[C@H](C)NC(=O)CSc1ncnc2sc3c(c12)CC[C@@H](C)C3. The molecule has 3 rings (SSSR count). The van der Waals surface area contributed by atoms with Crippen molar-refractivity contribution in [3.63, 3.8) is 0 Å². The summed E-state index contributed by atoms with van der Waals surface area (Å²) in [5, 5.41) is 7.53. The monoisotopic (exact) mass is 406 g/mol. The summed E-state index contributed by atoms with van der Waals surface area (Å²) in [4.78, 5) is 35.4. The molecular formula is C19H26N4O2S2. The van der Waals surface area contributed by atoms with Crippen molar-refractivity contribution in [2.75, 3.05) is 12.3 Å². The van der Waals surface area contributed by atoms with Gasteiger partial charge in [-0.05, 0) is 44.1 Å². The van der Waals surface area contributed by atoms with Crippen LogP contribution in [-0.2, 0) is 22.4 Å². The minimum Gasteiger partial charge on any atom is -0.354 e. The van der Waals surface area contributed by atoms with E-state index in [1.54, 1.807) is 24.6 Å².